The van der Waals surface area contributed by atoms with Gasteiger partial charge in [-0.25, -0.2) is 15.0 Å². The molecule has 5 aromatic rings. The molecule has 252 valence electrons. The van der Waals surface area contributed by atoms with Crippen LogP contribution in [0.3, 0.4) is 0 Å². The average Bonchev–Trinajstić information content (AvgIpc) is 3.49. The van der Waals surface area contributed by atoms with Crippen LogP contribution in [0.15, 0.2) is 70.1 Å². The standard InChI is InChI=1S/C38H40N6O4S/c1-22-7-5-8-23(2)33(22)29-13-32-42-36(41-29)43-49-28-10-6-9-25(11-28)35(46)44(27(20-47-32)17-38-14-24(15-38)16-38)19-26-18-39-34-30(40-26)12-31(48-34)37(3,4)21-45/h5-13,18,24,27,45H,14-17,19-21H2,1-4H3,(H,41,42,43)/t24?,27-,38?/m1/s1. The van der Waals surface area contributed by atoms with Crippen molar-refractivity contribution in [1.29, 1.82) is 0 Å². The van der Waals surface area contributed by atoms with E-state index in [-0.39, 0.29) is 37.1 Å². The van der Waals surface area contributed by atoms with Gasteiger partial charge in [0.05, 0.1) is 36.8 Å². The van der Waals surface area contributed by atoms with Crippen molar-refractivity contribution in [1.82, 2.24) is 24.8 Å². The highest BCUT2D eigenvalue weighted by Crippen LogP contribution is 2.66. The Morgan fingerprint density at radius 1 is 1.04 bits per heavy atom. The molecule has 0 unspecified atom stereocenters. The number of benzene rings is 2. The van der Waals surface area contributed by atoms with E-state index in [0.29, 0.717) is 40.1 Å². The molecule has 49 heavy (non-hydrogen) atoms. The van der Waals surface area contributed by atoms with Gasteiger partial charge in [0.25, 0.3) is 5.91 Å². The number of amides is 1. The monoisotopic (exact) mass is 676 g/mol. The van der Waals surface area contributed by atoms with Gasteiger partial charge in [0.1, 0.15) is 17.9 Å². The number of fused-ring (bicyclic) bond motifs is 5. The summed E-state index contributed by atoms with van der Waals surface area (Å²) in [4.78, 5) is 36.5. The number of nitrogens with one attached hydrogen (secondary N) is 1. The molecular formula is C38H40N6O4S. The average molecular weight is 677 g/mol. The summed E-state index contributed by atoms with van der Waals surface area (Å²) in [5, 5.41) is 9.90. The number of hydrogen-bond acceptors (Lipinski definition) is 10. The van der Waals surface area contributed by atoms with Crippen LogP contribution in [-0.4, -0.2) is 55.1 Å². The highest BCUT2D eigenvalue weighted by molar-refractivity contribution is 8.00. The molecule has 4 heterocycles. The predicted octanol–water partition coefficient (Wildman–Crippen LogP) is 7.28. The molecule has 3 fully saturated rings. The highest BCUT2D eigenvalue weighted by atomic mass is 32.2. The van der Waals surface area contributed by atoms with Crippen molar-refractivity contribution < 1.29 is 19.1 Å². The first-order chi connectivity index (χ1) is 23.6. The van der Waals surface area contributed by atoms with Crippen molar-refractivity contribution >= 4 is 35.0 Å². The Kier molecular flexibility index (Phi) is 7.87. The van der Waals surface area contributed by atoms with Gasteiger partial charge in [0.15, 0.2) is 0 Å². The van der Waals surface area contributed by atoms with E-state index in [4.69, 9.17) is 24.1 Å². The van der Waals surface area contributed by atoms with E-state index in [1.54, 1.807) is 6.20 Å². The molecule has 1 aliphatic heterocycles. The lowest BCUT2D eigenvalue weighted by molar-refractivity contribution is -0.126. The third-order valence-electron chi connectivity index (χ3n) is 10.4. The van der Waals surface area contributed by atoms with E-state index in [0.717, 1.165) is 39.6 Å². The number of aromatic nitrogens is 4. The van der Waals surface area contributed by atoms with Gasteiger partial charge in [-0.05, 0) is 92.1 Å². The van der Waals surface area contributed by atoms with Gasteiger partial charge in [-0.1, -0.05) is 38.1 Å². The summed E-state index contributed by atoms with van der Waals surface area (Å²) in [5.41, 5.74) is 5.96. The Bertz CT molecular complexity index is 2040. The van der Waals surface area contributed by atoms with Crippen molar-refractivity contribution in [3.8, 4) is 17.1 Å². The summed E-state index contributed by atoms with van der Waals surface area (Å²) in [6.07, 6.45) is 6.10. The Morgan fingerprint density at radius 2 is 1.82 bits per heavy atom. The number of carbonyl (C=O) groups is 1. The molecule has 3 saturated carbocycles. The highest BCUT2D eigenvalue weighted by Gasteiger charge is 2.57. The van der Waals surface area contributed by atoms with E-state index in [2.05, 4.69) is 41.8 Å². The molecule has 9 rings (SSSR count). The summed E-state index contributed by atoms with van der Waals surface area (Å²) >= 11 is 1.36. The lowest BCUT2D eigenvalue weighted by Gasteiger charge is -2.63. The lowest BCUT2D eigenvalue weighted by atomic mass is 9.43. The van der Waals surface area contributed by atoms with Gasteiger partial charge in [0, 0.05) is 33.6 Å². The zero-order valence-corrected chi connectivity index (χ0v) is 29.0. The largest absolute Gasteiger partial charge is 0.475 e. The van der Waals surface area contributed by atoms with E-state index < -0.39 is 5.41 Å². The number of rotatable bonds is 7. The summed E-state index contributed by atoms with van der Waals surface area (Å²) in [7, 11) is 0. The van der Waals surface area contributed by atoms with E-state index in [1.165, 1.54) is 31.2 Å². The maximum absolute atomic E-state index is 14.6. The second-order valence-corrected chi connectivity index (χ2v) is 15.6. The number of furan rings is 1. The number of ether oxygens (including phenoxy) is 1. The molecule has 3 aromatic heterocycles. The zero-order chi connectivity index (χ0) is 33.9. The number of aryl methyl sites for hydroxylation is 2. The van der Waals surface area contributed by atoms with Crippen molar-refractivity contribution in [2.24, 2.45) is 11.3 Å². The Morgan fingerprint density at radius 3 is 2.55 bits per heavy atom. The fraction of sp³-hybridized carbons (Fsp3) is 0.395. The third kappa shape index (κ3) is 6.03. The number of aliphatic hydroxyl groups is 1. The second-order valence-electron chi connectivity index (χ2n) is 14.7. The first kappa shape index (κ1) is 31.8. The number of aliphatic hydroxyl groups excluding tert-OH is 1. The van der Waals surface area contributed by atoms with Gasteiger partial charge in [-0.3, -0.25) is 9.52 Å². The van der Waals surface area contributed by atoms with Gasteiger partial charge >= 0.3 is 0 Å². The Labute approximate surface area is 289 Å². The summed E-state index contributed by atoms with van der Waals surface area (Å²) in [6.45, 7) is 8.43. The van der Waals surface area contributed by atoms with Gasteiger partial charge in [-0.2, -0.15) is 4.98 Å². The zero-order valence-electron chi connectivity index (χ0n) is 28.2. The van der Waals surface area contributed by atoms with Crippen molar-refractivity contribution in [3.63, 3.8) is 0 Å². The minimum absolute atomic E-state index is 0.0704. The van der Waals surface area contributed by atoms with Crippen LogP contribution < -0.4 is 9.46 Å². The van der Waals surface area contributed by atoms with Crippen LogP contribution in [0.4, 0.5) is 5.95 Å². The molecule has 3 aliphatic carbocycles. The maximum Gasteiger partial charge on any atom is 0.254 e. The van der Waals surface area contributed by atoms with Crippen LogP contribution in [0.1, 0.15) is 72.5 Å². The normalized spacial score (nSPS) is 21.8. The van der Waals surface area contributed by atoms with Gasteiger partial charge in [0.2, 0.25) is 17.5 Å². The van der Waals surface area contributed by atoms with Crippen LogP contribution in [-0.2, 0) is 12.0 Å². The number of hydrogen-bond donors (Lipinski definition) is 2. The summed E-state index contributed by atoms with van der Waals surface area (Å²) in [5.74, 6) is 2.22. The quantitative estimate of drug-likeness (QED) is 0.170. The fourth-order valence-corrected chi connectivity index (χ4v) is 8.23. The first-order valence-electron chi connectivity index (χ1n) is 16.9. The summed E-state index contributed by atoms with van der Waals surface area (Å²) < 4.78 is 15.8. The molecule has 4 aliphatic rings. The summed E-state index contributed by atoms with van der Waals surface area (Å²) in [6, 6.07) is 17.4. The van der Waals surface area contributed by atoms with E-state index >= 15 is 0 Å². The van der Waals surface area contributed by atoms with E-state index in [9.17, 15) is 9.90 Å². The van der Waals surface area contributed by atoms with Gasteiger partial charge < -0.3 is 19.2 Å². The van der Waals surface area contributed by atoms with Crippen LogP contribution in [0.2, 0.25) is 0 Å². The van der Waals surface area contributed by atoms with Crippen molar-refractivity contribution in [2.75, 3.05) is 17.9 Å². The molecule has 10 nitrogen and oxygen atoms in total. The van der Waals surface area contributed by atoms with Crippen LogP contribution in [0, 0.1) is 25.2 Å². The topological polar surface area (TPSA) is 127 Å². The minimum atomic E-state index is -0.574. The molecule has 6 bridgehead atoms. The molecule has 0 saturated heterocycles. The molecule has 0 radical (unpaired) electrons. The maximum atomic E-state index is 14.6. The predicted molar refractivity (Wildman–Crippen MR) is 188 cm³/mol. The van der Waals surface area contributed by atoms with Crippen LogP contribution >= 0.6 is 11.9 Å². The SMILES string of the molecule is Cc1cccc(C)c1-c1cc2nc(n1)NSc1cccc(c1)C(=O)N(Cc1cnc3oc(C(C)(C)CO)cc3n1)[C@H](CC13CC(C1)C3)CO2. The lowest BCUT2D eigenvalue weighted by Crippen LogP contribution is -2.56. The molecule has 2 aromatic carbocycles. The second kappa shape index (κ2) is 12.1. The molecule has 1 amide bonds. The van der Waals surface area contributed by atoms with Crippen LogP contribution in [0.5, 0.6) is 5.88 Å². The van der Waals surface area contributed by atoms with Crippen molar-refractivity contribution in [2.45, 2.75) is 76.3 Å². The molecular weight excluding hydrogens is 637 g/mol. The molecule has 11 heteroatoms. The Hall–Kier alpha value is -4.48. The van der Waals surface area contributed by atoms with E-state index in [1.807, 2.05) is 55.1 Å². The third-order valence-corrected chi connectivity index (χ3v) is 11.2. The van der Waals surface area contributed by atoms with Crippen LogP contribution in [0.25, 0.3) is 22.5 Å². The Balaban J connectivity index is 1.19. The van der Waals surface area contributed by atoms with Crippen molar-refractivity contribution in [3.05, 3.63) is 88.9 Å². The smallest absolute Gasteiger partial charge is 0.254 e. The molecule has 2 N–H and O–H groups in total. The number of anilines is 1. The fourth-order valence-electron chi connectivity index (χ4n) is 7.59. The first-order valence-corrected chi connectivity index (χ1v) is 17.7. The van der Waals surface area contributed by atoms with Gasteiger partial charge in [-0.15, -0.1) is 0 Å². The minimum Gasteiger partial charge on any atom is -0.475 e. The molecule has 1 atom stereocenters. The number of nitrogens with zero attached hydrogens (tertiary/aromatic N) is 5. The molecule has 0 spiro atoms. The number of carbonyl (C=O) groups excluding carboxylic acids is 1.